The van der Waals surface area contributed by atoms with Gasteiger partial charge in [0.25, 0.3) is 0 Å². The van der Waals surface area contributed by atoms with Gasteiger partial charge >= 0.3 is 0 Å². The van der Waals surface area contributed by atoms with Crippen LogP contribution in [-0.4, -0.2) is 15.8 Å². The van der Waals surface area contributed by atoms with Crippen LogP contribution >= 0.6 is 0 Å². The van der Waals surface area contributed by atoms with E-state index in [1.165, 1.54) is 5.39 Å². The smallest absolute Gasteiger partial charge is 0.0529 e. The molecule has 0 spiro atoms. The molecular weight excluding hydrogens is 188 g/mol. The lowest BCUT2D eigenvalue weighted by Crippen LogP contribution is -2.06. The highest BCUT2D eigenvalue weighted by Crippen LogP contribution is 2.19. The first kappa shape index (κ1) is 10.1. The summed E-state index contributed by atoms with van der Waals surface area (Å²) in [6.07, 6.45) is 2.54. The monoisotopic (exact) mass is 204 g/mol. The van der Waals surface area contributed by atoms with E-state index in [1.54, 1.807) is 6.92 Å². The van der Waals surface area contributed by atoms with E-state index in [4.69, 9.17) is 5.73 Å². The third kappa shape index (κ3) is 2.13. The number of nitrogens with two attached hydrogens (primary N) is 1. The Morgan fingerprint density at radius 2 is 2.20 bits per heavy atom. The average molecular weight is 204 g/mol. The summed E-state index contributed by atoms with van der Waals surface area (Å²) in [5.41, 5.74) is 7.66. The number of aliphatic hydroxyl groups is 1. The summed E-state index contributed by atoms with van der Waals surface area (Å²) in [7, 11) is 0. The molecule has 0 radical (unpaired) electrons. The van der Waals surface area contributed by atoms with Gasteiger partial charge in [0, 0.05) is 18.4 Å². The molecule has 1 aromatic carbocycles. The van der Waals surface area contributed by atoms with E-state index in [9.17, 15) is 5.11 Å². The van der Waals surface area contributed by atoms with Crippen LogP contribution in [-0.2, 0) is 6.54 Å². The van der Waals surface area contributed by atoms with Crippen LogP contribution in [0.2, 0.25) is 0 Å². The zero-order chi connectivity index (χ0) is 10.8. The van der Waals surface area contributed by atoms with Gasteiger partial charge < -0.3 is 15.4 Å². The molecule has 80 valence electrons. The Balaban J connectivity index is 2.31. The summed E-state index contributed by atoms with van der Waals surface area (Å²) in [6, 6.07) is 7.96. The number of benzene rings is 1. The van der Waals surface area contributed by atoms with E-state index in [-0.39, 0.29) is 6.10 Å². The molecule has 0 saturated heterocycles. The summed E-state index contributed by atoms with van der Waals surface area (Å²) < 4.78 is 2.12. The van der Waals surface area contributed by atoms with Crippen LogP contribution in [0.1, 0.15) is 13.3 Å². The molecule has 2 rings (SSSR count). The van der Waals surface area contributed by atoms with Crippen LogP contribution in [0, 0.1) is 0 Å². The molecule has 1 unspecified atom stereocenters. The van der Waals surface area contributed by atoms with Crippen LogP contribution in [0.4, 0.5) is 5.69 Å². The van der Waals surface area contributed by atoms with E-state index in [2.05, 4.69) is 10.6 Å². The van der Waals surface area contributed by atoms with Crippen molar-refractivity contribution in [2.24, 2.45) is 0 Å². The molecule has 0 aliphatic heterocycles. The zero-order valence-electron chi connectivity index (χ0n) is 8.85. The molecule has 3 heteroatoms. The number of aliphatic hydroxyl groups excluding tert-OH is 1. The Bertz CT molecular complexity index is 460. The minimum Gasteiger partial charge on any atom is -0.399 e. The quantitative estimate of drug-likeness (QED) is 0.751. The predicted molar refractivity (Wildman–Crippen MR) is 62.6 cm³/mol. The lowest BCUT2D eigenvalue weighted by atomic mass is 10.2. The Kier molecular flexibility index (Phi) is 2.64. The van der Waals surface area contributed by atoms with E-state index in [1.807, 2.05) is 24.4 Å². The molecule has 1 heterocycles. The first-order valence-electron chi connectivity index (χ1n) is 5.19. The Labute approximate surface area is 89.1 Å². The van der Waals surface area contributed by atoms with Gasteiger partial charge in [0.05, 0.1) is 11.6 Å². The molecule has 3 N–H and O–H groups in total. The second-order valence-corrected chi connectivity index (χ2v) is 3.97. The maximum absolute atomic E-state index is 9.24. The van der Waals surface area contributed by atoms with Gasteiger partial charge in [-0.25, -0.2) is 0 Å². The van der Waals surface area contributed by atoms with Crippen LogP contribution in [0.15, 0.2) is 30.5 Å². The number of nitrogens with zero attached hydrogens (tertiary/aromatic N) is 1. The number of aryl methyl sites for hydroxylation is 1. The van der Waals surface area contributed by atoms with Crippen molar-refractivity contribution in [2.45, 2.75) is 26.0 Å². The van der Waals surface area contributed by atoms with Gasteiger partial charge in [0.1, 0.15) is 0 Å². The highest BCUT2D eigenvalue weighted by atomic mass is 16.3. The van der Waals surface area contributed by atoms with E-state index < -0.39 is 0 Å². The van der Waals surface area contributed by atoms with Crippen molar-refractivity contribution in [2.75, 3.05) is 5.73 Å². The fourth-order valence-electron chi connectivity index (χ4n) is 1.72. The topological polar surface area (TPSA) is 51.2 Å². The molecule has 2 aromatic rings. The molecule has 3 nitrogen and oxygen atoms in total. The maximum Gasteiger partial charge on any atom is 0.0529 e. The van der Waals surface area contributed by atoms with Crippen molar-refractivity contribution >= 4 is 16.6 Å². The van der Waals surface area contributed by atoms with Gasteiger partial charge in [0.15, 0.2) is 0 Å². The minimum atomic E-state index is -0.261. The second-order valence-electron chi connectivity index (χ2n) is 3.97. The summed E-state index contributed by atoms with van der Waals surface area (Å²) in [5, 5.41) is 10.4. The molecular formula is C12H16N2O. The predicted octanol–water partition coefficient (Wildman–Crippen LogP) is 1.99. The fraction of sp³-hybridized carbons (Fsp3) is 0.333. The highest BCUT2D eigenvalue weighted by molar-refractivity contribution is 5.83. The molecule has 0 saturated carbocycles. The van der Waals surface area contributed by atoms with Gasteiger partial charge in [-0.2, -0.15) is 0 Å². The van der Waals surface area contributed by atoms with Crippen LogP contribution < -0.4 is 5.73 Å². The van der Waals surface area contributed by atoms with E-state index >= 15 is 0 Å². The minimum absolute atomic E-state index is 0.261. The lowest BCUT2D eigenvalue weighted by molar-refractivity contribution is 0.178. The van der Waals surface area contributed by atoms with Gasteiger partial charge in [-0.3, -0.25) is 0 Å². The first-order chi connectivity index (χ1) is 7.16. The van der Waals surface area contributed by atoms with Crippen molar-refractivity contribution in [3.63, 3.8) is 0 Å². The normalized spacial score (nSPS) is 13.2. The van der Waals surface area contributed by atoms with Crippen LogP contribution in [0.25, 0.3) is 10.9 Å². The Morgan fingerprint density at radius 1 is 1.40 bits per heavy atom. The van der Waals surface area contributed by atoms with Crippen molar-refractivity contribution in [3.8, 4) is 0 Å². The molecule has 0 aliphatic rings. The number of anilines is 1. The maximum atomic E-state index is 9.24. The van der Waals surface area contributed by atoms with Gasteiger partial charge in [-0.05, 0) is 36.9 Å². The van der Waals surface area contributed by atoms with Crippen LogP contribution in [0.5, 0.6) is 0 Å². The zero-order valence-corrected chi connectivity index (χ0v) is 8.85. The first-order valence-corrected chi connectivity index (χ1v) is 5.19. The third-order valence-corrected chi connectivity index (χ3v) is 2.59. The summed E-state index contributed by atoms with van der Waals surface area (Å²) >= 11 is 0. The van der Waals surface area contributed by atoms with Crippen molar-refractivity contribution in [1.29, 1.82) is 0 Å². The van der Waals surface area contributed by atoms with Crippen LogP contribution in [0.3, 0.4) is 0 Å². The number of aromatic nitrogens is 1. The van der Waals surface area contributed by atoms with Crippen molar-refractivity contribution < 1.29 is 5.11 Å². The lowest BCUT2D eigenvalue weighted by Gasteiger charge is -2.07. The molecule has 0 bridgehead atoms. The van der Waals surface area contributed by atoms with E-state index in [0.29, 0.717) is 0 Å². The summed E-state index contributed by atoms with van der Waals surface area (Å²) in [5.74, 6) is 0. The summed E-state index contributed by atoms with van der Waals surface area (Å²) in [4.78, 5) is 0. The SMILES string of the molecule is CC(O)CCn1ccc2ccc(N)cc21. The Morgan fingerprint density at radius 3 is 2.93 bits per heavy atom. The van der Waals surface area contributed by atoms with Crippen molar-refractivity contribution in [3.05, 3.63) is 30.5 Å². The second kappa shape index (κ2) is 3.95. The van der Waals surface area contributed by atoms with Gasteiger partial charge in [-0.15, -0.1) is 0 Å². The van der Waals surface area contributed by atoms with E-state index in [0.717, 1.165) is 24.2 Å². The summed E-state index contributed by atoms with van der Waals surface area (Å²) in [6.45, 7) is 2.63. The third-order valence-electron chi connectivity index (χ3n) is 2.59. The fourth-order valence-corrected chi connectivity index (χ4v) is 1.72. The largest absolute Gasteiger partial charge is 0.399 e. The van der Waals surface area contributed by atoms with Gasteiger partial charge in [-0.1, -0.05) is 6.07 Å². The van der Waals surface area contributed by atoms with Crippen molar-refractivity contribution in [1.82, 2.24) is 4.57 Å². The standard InChI is InChI=1S/C12H16N2O/c1-9(15)4-6-14-7-5-10-2-3-11(13)8-12(10)14/h2-3,5,7-9,15H,4,6,13H2,1H3. The molecule has 1 atom stereocenters. The number of rotatable bonds is 3. The molecule has 0 amide bonds. The molecule has 15 heavy (non-hydrogen) atoms. The number of hydrogen-bond donors (Lipinski definition) is 2. The highest BCUT2D eigenvalue weighted by Gasteiger charge is 2.02. The molecule has 1 aromatic heterocycles. The molecule has 0 fully saturated rings. The number of fused-ring (bicyclic) bond motifs is 1. The number of nitrogen functional groups attached to an aromatic ring is 1. The molecule has 0 aliphatic carbocycles. The average Bonchev–Trinajstić information content (AvgIpc) is 2.57. The number of hydrogen-bond acceptors (Lipinski definition) is 2. The Hall–Kier alpha value is -1.48. The van der Waals surface area contributed by atoms with Gasteiger partial charge in [0.2, 0.25) is 0 Å².